The van der Waals surface area contributed by atoms with Gasteiger partial charge in [-0.25, -0.2) is 0 Å². The van der Waals surface area contributed by atoms with E-state index in [-0.39, 0.29) is 41.4 Å². The molecule has 5 nitrogen and oxygen atoms in total. The molecule has 30 heavy (non-hydrogen) atoms. The van der Waals surface area contributed by atoms with E-state index in [9.17, 15) is 14.4 Å². The van der Waals surface area contributed by atoms with E-state index in [1.807, 2.05) is 0 Å². The molecule has 0 radical (unpaired) electrons. The van der Waals surface area contributed by atoms with Crippen LogP contribution in [0.2, 0.25) is 5.02 Å². The van der Waals surface area contributed by atoms with Crippen LogP contribution >= 0.6 is 11.6 Å². The first-order valence-corrected chi connectivity index (χ1v) is 10.6. The molecule has 1 heterocycles. The summed E-state index contributed by atoms with van der Waals surface area (Å²) in [4.78, 5) is 40.2. The topological polar surface area (TPSA) is 66.5 Å². The number of nitrogens with one attached hydrogen (secondary N) is 1. The third-order valence-electron chi connectivity index (χ3n) is 7.15. The Hall–Kier alpha value is -2.92. The van der Waals surface area contributed by atoms with Crippen molar-refractivity contribution in [1.82, 2.24) is 0 Å². The normalized spacial score (nSPS) is 32.8. The van der Waals surface area contributed by atoms with Crippen LogP contribution in [0.25, 0.3) is 0 Å². The molecule has 7 rings (SSSR count). The predicted molar refractivity (Wildman–Crippen MR) is 113 cm³/mol. The monoisotopic (exact) mass is 418 g/mol. The summed E-state index contributed by atoms with van der Waals surface area (Å²) in [7, 11) is 0. The molecule has 150 valence electrons. The van der Waals surface area contributed by atoms with Crippen molar-refractivity contribution in [1.29, 1.82) is 0 Å². The van der Waals surface area contributed by atoms with Crippen LogP contribution in [0.5, 0.6) is 0 Å². The third-order valence-corrected chi connectivity index (χ3v) is 7.40. The summed E-state index contributed by atoms with van der Waals surface area (Å²) >= 11 is 5.87. The van der Waals surface area contributed by atoms with Crippen LogP contribution in [0.15, 0.2) is 60.7 Å². The van der Waals surface area contributed by atoms with E-state index in [4.69, 9.17) is 11.6 Å². The molecule has 6 heteroatoms. The van der Waals surface area contributed by atoms with E-state index in [0.29, 0.717) is 33.8 Å². The third kappa shape index (κ3) is 2.51. The fourth-order valence-electron chi connectivity index (χ4n) is 5.71. The maximum Gasteiger partial charge on any atom is 0.255 e. The fourth-order valence-corrected chi connectivity index (χ4v) is 5.84. The van der Waals surface area contributed by atoms with Gasteiger partial charge in [0, 0.05) is 16.3 Å². The second-order valence-corrected chi connectivity index (χ2v) is 9.11. The molecule has 1 aliphatic heterocycles. The van der Waals surface area contributed by atoms with E-state index in [2.05, 4.69) is 17.5 Å². The molecule has 5 aliphatic rings. The number of amides is 3. The second-order valence-electron chi connectivity index (χ2n) is 8.67. The van der Waals surface area contributed by atoms with Crippen LogP contribution < -0.4 is 10.2 Å². The average molecular weight is 419 g/mol. The number of nitrogens with zero attached hydrogens (tertiary/aromatic N) is 1. The zero-order valence-corrected chi connectivity index (χ0v) is 16.8. The first kappa shape index (κ1) is 17.9. The standard InChI is InChI=1S/C24H19ClN2O3/c25-13-3-5-14(6-4-13)26-22(28)12-1-7-15(8-2-12)27-23(29)20-16-9-10-17(19-11-18(16)19)21(20)24(27)30/h1-10,16-21H,11H2,(H,26,28)/t16-,17-,18-,19-,20+,21+/m1/s1. The highest BCUT2D eigenvalue weighted by Gasteiger charge is 2.67. The lowest BCUT2D eigenvalue weighted by atomic mass is 9.63. The Labute approximate surface area is 178 Å². The molecule has 0 spiro atoms. The summed E-state index contributed by atoms with van der Waals surface area (Å²) in [6, 6.07) is 13.5. The van der Waals surface area contributed by atoms with Crippen molar-refractivity contribution in [3.63, 3.8) is 0 Å². The van der Waals surface area contributed by atoms with Gasteiger partial charge in [0.1, 0.15) is 0 Å². The number of carbonyl (C=O) groups excluding carboxylic acids is 3. The molecule has 3 amide bonds. The summed E-state index contributed by atoms with van der Waals surface area (Å²) in [5.41, 5.74) is 1.63. The molecule has 4 aliphatic carbocycles. The van der Waals surface area contributed by atoms with E-state index in [1.54, 1.807) is 48.5 Å². The molecule has 2 saturated carbocycles. The van der Waals surface area contributed by atoms with E-state index in [0.717, 1.165) is 6.42 Å². The van der Waals surface area contributed by atoms with Gasteiger partial charge in [0.15, 0.2) is 0 Å². The van der Waals surface area contributed by atoms with Gasteiger partial charge in [0.05, 0.1) is 17.5 Å². The Bertz CT molecular complexity index is 1070. The first-order chi connectivity index (χ1) is 14.5. The van der Waals surface area contributed by atoms with Crippen molar-refractivity contribution in [2.45, 2.75) is 6.42 Å². The summed E-state index contributed by atoms with van der Waals surface area (Å²) < 4.78 is 0. The molecule has 2 aromatic rings. The van der Waals surface area contributed by atoms with Gasteiger partial charge in [-0.05, 0) is 78.6 Å². The number of hydrogen-bond donors (Lipinski definition) is 1. The van der Waals surface area contributed by atoms with Crippen molar-refractivity contribution in [2.75, 3.05) is 10.2 Å². The van der Waals surface area contributed by atoms with E-state index >= 15 is 0 Å². The summed E-state index contributed by atoms with van der Waals surface area (Å²) in [6.07, 6.45) is 5.48. The molecule has 0 unspecified atom stereocenters. The highest BCUT2D eigenvalue weighted by atomic mass is 35.5. The summed E-state index contributed by atoms with van der Waals surface area (Å²) in [5.74, 6) is 0.689. The summed E-state index contributed by atoms with van der Waals surface area (Å²) in [6.45, 7) is 0. The molecule has 0 aromatic heterocycles. The Morgan fingerprint density at radius 3 is 2.00 bits per heavy atom. The Morgan fingerprint density at radius 2 is 1.43 bits per heavy atom. The Balaban J connectivity index is 1.23. The minimum absolute atomic E-state index is 0.0898. The number of allylic oxidation sites excluding steroid dienone is 2. The largest absolute Gasteiger partial charge is 0.322 e. The zero-order chi connectivity index (χ0) is 20.6. The minimum Gasteiger partial charge on any atom is -0.322 e. The highest BCUT2D eigenvalue weighted by molar-refractivity contribution is 6.30. The number of carbonyl (C=O) groups is 3. The molecule has 6 atom stereocenters. The lowest BCUT2D eigenvalue weighted by Crippen LogP contribution is -2.40. The zero-order valence-electron chi connectivity index (χ0n) is 16.0. The van der Waals surface area contributed by atoms with Gasteiger partial charge in [0.25, 0.3) is 5.91 Å². The first-order valence-electron chi connectivity index (χ1n) is 10.3. The number of rotatable bonds is 3. The molecule has 2 aromatic carbocycles. The van der Waals surface area contributed by atoms with Crippen molar-refractivity contribution in [2.24, 2.45) is 35.5 Å². The van der Waals surface area contributed by atoms with Gasteiger partial charge in [-0.2, -0.15) is 0 Å². The number of benzene rings is 2. The van der Waals surface area contributed by atoms with Gasteiger partial charge in [0.2, 0.25) is 11.8 Å². The number of hydrogen-bond acceptors (Lipinski definition) is 3. The highest BCUT2D eigenvalue weighted by Crippen LogP contribution is 2.65. The lowest BCUT2D eigenvalue weighted by molar-refractivity contribution is -0.124. The number of halogens is 1. The average Bonchev–Trinajstić information content (AvgIpc) is 3.53. The number of imide groups is 1. The van der Waals surface area contributed by atoms with E-state index < -0.39 is 0 Å². The van der Waals surface area contributed by atoms with Crippen molar-refractivity contribution < 1.29 is 14.4 Å². The molecule has 1 saturated heterocycles. The minimum atomic E-state index is -0.265. The Morgan fingerprint density at radius 1 is 0.867 bits per heavy atom. The van der Waals surface area contributed by atoms with Crippen LogP contribution in [0.1, 0.15) is 16.8 Å². The lowest BCUT2D eigenvalue weighted by Gasteiger charge is -2.37. The second kappa shape index (κ2) is 6.29. The van der Waals surface area contributed by atoms with Crippen LogP contribution in [-0.4, -0.2) is 17.7 Å². The smallest absolute Gasteiger partial charge is 0.255 e. The predicted octanol–water partition coefficient (Wildman–Crippen LogP) is 4.15. The molecular formula is C24H19ClN2O3. The summed E-state index contributed by atoms with van der Waals surface area (Å²) in [5, 5.41) is 3.40. The van der Waals surface area contributed by atoms with Gasteiger partial charge < -0.3 is 5.32 Å². The van der Waals surface area contributed by atoms with Crippen LogP contribution in [0.4, 0.5) is 11.4 Å². The van der Waals surface area contributed by atoms with Crippen molar-refractivity contribution in [3.05, 3.63) is 71.3 Å². The molecule has 3 fully saturated rings. The van der Waals surface area contributed by atoms with Gasteiger partial charge in [-0.15, -0.1) is 0 Å². The van der Waals surface area contributed by atoms with Gasteiger partial charge in [-0.1, -0.05) is 23.8 Å². The maximum atomic E-state index is 13.2. The molecule has 2 bridgehead atoms. The van der Waals surface area contributed by atoms with Gasteiger partial charge >= 0.3 is 0 Å². The van der Waals surface area contributed by atoms with Crippen LogP contribution in [0, 0.1) is 35.5 Å². The fraction of sp³-hybridized carbons (Fsp3) is 0.292. The van der Waals surface area contributed by atoms with Crippen LogP contribution in [0.3, 0.4) is 0 Å². The van der Waals surface area contributed by atoms with Crippen molar-refractivity contribution in [3.8, 4) is 0 Å². The Kier molecular flexibility index (Phi) is 3.75. The SMILES string of the molecule is O=C(Nc1ccc(Cl)cc1)c1ccc(N2C(=O)[C@H]3[C@@H]4C=C[C@H]([C@H]5C[C@H]45)[C@@H]3C2=O)cc1. The van der Waals surface area contributed by atoms with E-state index in [1.165, 1.54) is 4.90 Å². The van der Waals surface area contributed by atoms with Gasteiger partial charge in [-0.3, -0.25) is 19.3 Å². The molecule has 1 N–H and O–H groups in total. The maximum absolute atomic E-state index is 13.2. The van der Waals surface area contributed by atoms with Crippen LogP contribution in [-0.2, 0) is 9.59 Å². The number of anilines is 2. The molecular weight excluding hydrogens is 400 g/mol. The van der Waals surface area contributed by atoms with Crippen molar-refractivity contribution >= 4 is 40.7 Å². The quantitative estimate of drug-likeness (QED) is 0.601.